The van der Waals surface area contributed by atoms with Crippen molar-refractivity contribution >= 4 is 33.2 Å². The molecule has 1 atom stereocenters. The van der Waals surface area contributed by atoms with Gasteiger partial charge in [0, 0.05) is 10.7 Å². The minimum Gasteiger partial charge on any atom is -0.495 e. The van der Waals surface area contributed by atoms with Gasteiger partial charge in [0.15, 0.2) is 0 Å². The smallest absolute Gasteiger partial charge is 0.245 e. The molecule has 168 valence electrons. The molecule has 0 saturated heterocycles. The highest BCUT2D eigenvalue weighted by molar-refractivity contribution is 7.89. The molecule has 3 aromatic rings. The number of anilines is 1. The summed E-state index contributed by atoms with van der Waals surface area (Å²) in [6, 6.07) is 19.9. The number of benzene rings is 3. The topological polar surface area (TPSA) is 84.5 Å². The molecule has 8 heteroatoms. The predicted molar refractivity (Wildman–Crippen MR) is 127 cm³/mol. The first-order chi connectivity index (χ1) is 15.3. The van der Waals surface area contributed by atoms with Crippen molar-refractivity contribution in [3.05, 3.63) is 88.9 Å². The number of methoxy groups -OCH3 is 1. The summed E-state index contributed by atoms with van der Waals surface area (Å²) in [6.45, 7) is 2.04. The van der Waals surface area contributed by atoms with Crippen LogP contribution in [0.4, 0.5) is 5.69 Å². The minimum absolute atomic E-state index is 0.134. The van der Waals surface area contributed by atoms with Crippen LogP contribution in [0.1, 0.15) is 18.1 Å². The van der Waals surface area contributed by atoms with Crippen LogP contribution in [-0.2, 0) is 27.7 Å². The summed E-state index contributed by atoms with van der Waals surface area (Å²) < 4.78 is 34.1. The summed E-state index contributed by atoms with van der Waals surface area (Å²) in [6.07, 6.45) is 1.05. The molecule has 0 bridgehead atoms. The lowest BCUT2D eigenvalue weighted by Gasteiger charge is -2.20. The van der Waals surface area contributed by atoms with Crippen molar-refractivity contribution in [2.75, 3.05) is 12.4 Å². The molecule has 2 N–H and O–H groups in total. The van der Waals surface area contributed by atoms with E-state index in [1.807, 2.05) is 49.4 Å². The normalized spacial score (nSPS) is 12.2. The Morgan fingerprint density at radius 3 is 2.31 bits per heavy atom. The Kier molecular flexibility index (Phi) is 7.90. The van der Waals surface area contributed by atoms with Crippen LogP contribution in [0.3, 0.4) is 0 Å². The van der Waals surface area contributed by atoms with Crippen LogP contribution in [0.5, 0.6) is 5.75 Å². The summed E-state index contributed by atoms with van der Waals surface area (Å²) in [4.78, 5) is 13.0. The molecular weight excluding hydrogens is 448 g/mol. The molecule has 0 aromatic heterocycles. The monoisotopic (exact) mass is 472 g/mol. The summed E-state index contributed by atoms with van der Waals surface area (Å²) in [5.41, 5.74) is 2.54. The fourth-order valence-electron chi connectivity index (χ4n) is 3.20. The Bertz CT molecular complexity index is 1170. The number of aryl methyl sites for hydroxylation is 1. The average molecular weight is 473 g/mol. The zero-order valence-corrected chi connectivity index (χ0v) is 19.4. The van der Waals surface area contributed by atoms with Gasteiger partial charge in [0.25, 0.3) is 0 Å². The van der Waals surface area contributed by atoms with Gasteiger partial charge in [-0.3, -0.25) is 4.79 Å². The van der Waals surface area contributed by atoms with Crippen LogP contribution in [-0.4, -0.2) is 27.5 Å². The number of hydrogen-bond acceptors (Lipinski definition) is 4. The van der Waals surface area contributed by atoms with E-state index in [9.17, 15) is 13.2 Å². The van der Waals surface area contributed by atoms with Gasteiger partial charge in [-0.05, 0) is 54.3 Å². The van der Waals surface area contributed by atoms with Gasteiger partial charge in [-0.15, -0.1) is 0 Å². The van der Waals surface area contributed by atoms with E-state index < -0.39 is 22.0 Å². The maximum absolute atomic E-state index is 13.2. The third-order valence-electron chi connectivity index (χ3n) is 4.94. The predicted octanol–water partition coefficient (Wildman–Crippen LogP) is 4.44. The van der Waals surface area contributed by atoms with Crippen molar-refractivity contribution in [3.63, 3.8) is 0 Å². The van der Waals surface area contributed by atoms with Crippen LogP contribution in [0.2, 0.25) is 5.02 Å². The Morgan fingerprint density at radius 1 is 1.00 bits per heavy atom. The van der Waals surface area contributed by atoms with Crippen LogP contribution in [0.25, 0.3) is 0 Å². The lowest BCUT2D eigenvalue weighted by Crippen LogP contribution is -2.45. The summed E-state index contributed by atoms with van der Waals surface area (Å²) in [5, 5.41) is 3.05. The second-order valence-electron chi connectivity index (χ2n) is 7.20. The number of nitrogens with one attached hydrogen (secondary N) is 2. The summed E-state index contributed by atoms with van der Waals surface area (Å²) in [7, 11) is -2.74. The van der Waals surface area contributed by atoms with Crippen molar-refractivity contribution in [3.8, 4) is 5.75 Å². The molecular formula is C24H25ClN2O4S. The Morgan fingerprint density at radius 2 is 1.69 bits per heavy atom. The van der Waals surface area contributed by atoms with Gasteiger partial charge in [-0.1, -0.05) is 61.0 Å². The quantitative estimate of drug-likeness (QED) is 0.482. The molecule has 3 rings (SSSR count). The second-order valence-corrected chi connectivity index (χ2v) is 9.32. The first-order valence-electron chi connectivity index (χ1n) is 10.1. The van der Waals surface area contributed by atoms with E-state index >= 15 is 0 Å². The number of carbonyl (C=O) groups is 1. The van der Waals surface area contributed by atoms with Crippen LogP contribution in [0, 0.1) is 0 Å². The molecule has 0 aliphatic rings. The fourth-order valence-corrected chi connectivity index (χ4v) is 4.83. The molecule has 0 saturated carbocycles. The van der Waals surface area contributed by atoms with Crippen molar-refractivity contribution in [2.45, 2.75) is 30.7 Å². The van der Waals surface area contributed by atoms with Gasteiger partial charge in [-0.25, -0.2) is 8.42 Å². The summed E-state index contributed by atoms with van der Waals surface area (Å²) in [5.74, 6) is -0.335. The minimum atomic E-state index is -4.11. The third-order valence-corrected chi connectivity index (χ3v) is 6.67. The number of hydrogen-bond donors (Lipinski definition) is 2. The maximum atomic E-state index is 13.2. The largest absolute Gasteiger partial charge is 0.495 e. The highest BCUT2D eigenvalue weighted by atomic mass is 35.5. The highest BCUT2D eigenvalue weighted by Crippen LogP contribution is 2.27. The van der Waals surface area contributed by atoms with Crippen molar-refractivity contribution in [2.24, 2.45) is 0 Å². The Labute approximate surface area is 193 Å². The number of sulfonamides is 1. The molecule has 0 radical (unpaired) electrons. The van der Waals surface area contributed by atoms with Gasteiger partial charge in [-0.2, -0.15) is 4.72 Å². The van der Waals surface area contributed by atoms with E-state index in [-0.39, 0.29) is 22.1 Å². The first-order valence-corrected chi connectivity index (χ1v) is 12.0. The molecule has 0 spiro atoms. The van der Waals surface area contributed by atoms with E-state index in [1.54, 1.807) is 12.1 Å². The van der Waals surface area contributed by atoms with Crippen molar-refractivity contribution in [1.82, 2.24) is 4.72 Å². The van der Waals surface area contributed by atoms with E-state index in [4.69, 9.17) is 16.3 Å². The van der Waals surface area contributed by atoms with Gasteiger partial charge < -0.3 is 10.1 Å². The molecule has 0 heterocycles. The number of rotatable bonds is 9. The third kappa shape index (κ3) is 6.09. The van der Waals surface area contributed by atoms with Crippen LogP contribution >= 0.6 is 11.6 Å². The summed E-state index contributed by atoms with van der Waals surface area (Å²) >= 11 is 6.01. The lowest BCUT2D eigenvalue weighted by molar-refractivity contribution is -0.117. The van der Waals surface area contributed by atoms with Crippen LogP contribution < -0.4 is 14.8 Å². The molecule has 3 aromatic carbocycles. The maximum Gasteiger partial charge on any atom is 0.245 e. The van der Waals surface area contributed by atoms with Gasteiger partial charge in [0.2, 0.25) is 15.9 Å². The zero-order chi connectivity index (χ0) is 23.1. The fraction of sp³-hybridized carbons (Fsp3) is 0.208. The van der Waals surface area contributed by atoms with E-state index in [0.29, 0.717) is 5.69 Å². The molecule has 0 aliphatic carbocycles. The van der Waals surface area contributed by atoms with E-state index in [0.717, 1.165) is 17.5 Å². The Hall–Kier alpha value is -2.87. The Balaban J connectivity index is 1.89. The standard InChI is InChI=1S/C24H25ClN2O4S/c1-3-17-9-12-20(13-10-17)26-24(28)21(15-18-7-5-4-6-8-18)27-32(29,30)23-16-19(25)11-14-22(23)31-2/h4-14,16,21,27H,3,15H2,1-2H3,(H,26,28)/t21-/m0/s1. The van der Waals surface area contributed by atoms with Gasteiger partial charge in [0.1, 0.15) is 16.7 Å². The van der Waals surface area contributed by atoms with Gasteiger partial charge in [0.05, 0.1) is 7.11 Å². The average Bonchev–Trinajstić information content (AvgIpc) is 2.79. The van der Waals surface area contributed by atoms with Crippen LogP contribution in [0.15, 0.2) is 77.7 Å². The molecule has 6 nitrogen and oxygen atoms in total. The number of halogens is 1. The SMILES string of the molecule is CCc1ccc(NC(=O)[C@H](Cc2ccccc2)NS(=O)(=O)c2cc(Cl)ccc2OC)cc1. The highest BCUT2D eigenvalue weighted by Gasteiger charge is 2.28. The van der Waals surface area contributed by atoms with E-state index in [2.05, 4.69) is 10.0 Å². The van der Waals surface area contributed by atoms with E-state index in [1.165, 1.54) is 25.3 Å². The number of carbonyl (C=O) groups excluding carboxylic acids is 1. The first kappa shape index (κ1) is 23.8. The molecule has 32 heavy (non-hydrogen) atoms. The zero-order valence-electron chi connectivity index (χ0n) is 17.8. The molecule has 1 amide bonds. The van der Waals surface area contributed by atoms with Crippen molar-refractivity contribution in [1.29, 1.82) is 0 Å². The number of amides is 1. The lowest BCUT2D eigenvalue weighted by atomic mass is 10.1. The molecule has 0 aliphatic heterocycles. The second kappa shape index (κ2) is 10.6. The number of ether oxygens (including phenoxy) is 1. The molecule has 0 fully saturated rings. The molecule has 0 unspecified atom stereocenters. The van der Waals surface area contributed by atoms with Crippen molar-refractivity contribution < 1.29 is 17.9 Å². The van der Waals surface area contributed by atoms with Gasteiger partial charge >= 0.3 is 0 Å².